The summed E-state index contributed by atoms with van der Waals surface area (Å²) in [6.45, 7) is 0.347. The number of hydrogen-bond acceptors (Lipinski definition) is 2. The van der Waals surface area contributed by atoms with E-state index in [2.05, 4.69) is 52.8 Å². The Labute approximate surface area is 271 Å². The lowest BCUT2D eigenvalue weighted by Gasteiger charge is -2.03. The highest BCUT2D eigenvalue weighted by Gasteiger charge is 2.06. The number of alkyl halides is 1. The molecule has 6 aromatic rings. The molecule has 0 fully saturated rings. The lowest BCUT2D eigenvalue weighted by molar-refractivity contribution is 0.622. The maximum absolute atomic E-state index is 13.2. The molecule has 43 heavy (non-hydrogen) atoms. The molecule has 0 unspecified atom stereocenters. The third-order valence-corrected chi connectivity index (χ3v) is 7.70. The van der Waals surface area contributed by atoms with Gasteiger partial charge in [0.15, 0.2) is 0 Å². The minimum atomic E-state index is -0.298. The monoisotopic (exact) mass is 772 g/mol. The van der Waals surface area contributed by atoms with Crippen molar-refractivity contribution in [2.75, 3.05) is 0 Å². The number of aromatic amines is 1. The van der Waals surface area contributed by atoms with Crippen LogP contribution in [0, 0.1) is 11.6 Å². The lowest BCUT2D eigenvalue weighted by Crippen LogP contribution is -2.23. The molecule has 6 rings (SSSR count). The first kappa shape index (κ1) is 32.1. The van der Waals surface area contributed by atoms with E-state index >= 15 is 0 Å². The Morgan fingerprint density at radius 3 is 1.67 bits per heavy atom. The number of nitrogens with zero attached hydrogens (tertiary/aromatic N) is 3. The molecule has 220 valence electrons. The number of rotatable bonds is 5. The number of H-pyrrole nitrogens is 1. The van der Waals surface area contributed by atoms with Gasteiger partial charge in [-0.15, -0.1) is 0 Å². The van der Waals surface area contributed by atoms with Crippen LogP contribution in [0.1, 0.15) is 11.1 Å². The summed E-state index contributed by atoms with van der Waals surface area (Å²) < 4.78 is 32.1. The fourth-order valence-corrected chi connectivity index (χ4v) is 4.79. The molecule has 6 nitrogen and oxygen atoms in total. The van der Waals surface area contributed by atoms with Gasteiger partial charge in [0.1, 0.15) is 11.6 Å². The van der Waals surface area contributed by atoms with Crippen molar-refractivity contribution < 1.29 is 8.78 Å². The third-order valence-electron chi connectivity index (χ3n) is 5.99. The van der Waals surface area contributed by atoms with Crippen LogP contribution in [0.25, 0.3) is 11.4 Å². The van der Waals surface area contributed by atoms with Gasteiger partial charge in [-0.25, -0.2) is 18.4 Å². The summed E-state index contributed by atoms with van der Waals surface area (Å²) in [5.41, 5.74) is 3.10. The smallest absolute Gasteiger partial charge is 0.312 e. The van der Waals surface area contributed by atoms with Crippen molar-refractivity contribution in [3.63, 3.8) is 0 Å². The molecule has 1 N–H and O–H groups in total. The predicted molar refractivity (Wildman–Crippen MR) is 176 cm³/mol. The van der Waals surface area contributed by atoms with Crippen molar-refractivity contribution in [1.82, 2.24) is 18.7 Å². The van der Waals surface area contributed by atoms with Gasteiger partial charge in [0.2, 0.25) is 0 Å². The summed E-state index contributed by atoms with van der Waals surface area (Å²) in [6, 6.07) is 27.8. The normalized spacial score (nSPS) is 10.3. The van der Waals surface area contributed by atoms with Crippen LogP contribution >= 0.6 is 47.8 Å². The molecular weight excluding hydrogens is 750 g/mol. The van der Waals surface area contributed by atoms with E-state index in [4.69, 9.17) is 0 Å². The van der Waals surface area contributed by atoms with Crippen LogP contribution < -0.4 is 11.4 Å². The van der Waals surface area contributed by atoms with E-state index in [1.165, 1.54) is 24.3 Å². The molecule has 0 atom stereocenters. The predicted octanol–water partition coefficient (Wildman–Crippen LogP) is 8.24. The van der Waals surface area contributed by atoms with E-state index in [-0.39, 0.29) is 23.0 Å². The van der Waals surface area contributed by atoms with Crippen LogP contribution in [-0.2, 0) is 11.9 Å². The number of hydrogen-bond donors (Lipinski definition) is 1. The molecule has 0 saturated carbocycles. The Morgan fingerprint density at radius 1 is 0.651 bits per heavy atom. The van der Waals surface area contributed by atoms with Crippen molar-refractivity contribution >= 4 is 47.8 Å². The average molecular weight is 775 g/mol. The van der Waals surface area contributed by atoms with Crippen molar-refractivity contribution in [2.45, 2.75) is 11.9 Å². The highest BCUT2D eigenvalue weighted by Crippen LogP contribution is 2.14. The van der Waals surface area contributed by atoms with Crippen LogP contribution in [0.3, 0.4) is 0 Å². The quantitative estimate of drug-likeness (QED) is 0.180. The second-order valence-electron chi connectivity index (χ2n) is 9.06. The van der Waals surface area contributed by atoms with Gasteiger partial charge in [-0.1, -0.05) is 72.1 Å². The van der Waals surface area contributed by atoms with Gasteiger partial charge in [0, 0.05) is 39.1 Å². The van der Waals surface area contributed by atoms with Gasteiger partial charge in [-0.05, 0) is 83.9 Å². The standard InChI is InChI=1S/C16H12BrFN2O.C9H7BrN2O.C7H6BrF/c17-13-4-6-15(7-5-13)20-9-8-19(16(20)21)11-12-2-1-3-14(18)10-12;10-7-1-3-8(4-2-7)12-6-5-11-9(12)13;8-5-6-2-1-3-7(9)4-6/h1-10H,11H2;1-6H,(H,11,13);1-4H,5H2. The van der Waals surface area contributed by atoms with Gasteiger partial charge in [-0.3, -0.25) is 13.7 Å². The maximum Gasteiger partial charge on any atom is 0.333 e. The zero-order valence-corrected chi connectivity index (χ0v) is 27.3. The number of nitrogens with one attached hydrogen (secondary N) is 1. The minimum Gasteiger partial charge on any atom is -0.312 e. The third kappa shape index (κ3) is 9.34. The van der Waals surface area contributed by atoms with Gasteiger partial charge in [0.25, 0.3) is 0 Å². The molecular formula is C32H25Br3F2N4O2. The van der Waals surface area contributed by atoms with Crippen LogP contribution in [0.15, 0.2) is 140 Å². The van der Waals surface area contributed by atoms with E-state index in [0.29, 0.717) is 11.9 Å². The van der Waals surface area contributed by atoms with Gasteiger partial charge in [-0.2, -0.15) is 0 Å². The maximum atomic E-state index is 13.2. The molecule has 4 aromatic carbocycles. The summed E-state index contributed by atoms with van der Waals surface area (Å²) in [7, 11) is 0. The highest BCUT2D eigenvalue weighted by atomic mass is 79.9. The number of imidazole rings is 2. The van der Waals surface area contributed by atoms with Crippen LogP contribution in [0.4, 0.5) is 8.78 Å². The molecule has 0 spiro atoms. The molecule has 0 aliphatic heterocycles. The number of aromatic nitrogens is 4. The zero-order chi connectivity index (χ0) is 30.8. The van der Waals surface area contributed by atoms with Gasteiger partial charge >= 0.3 is 11.4 Å². The number of benzene rings is 4. The van der Waals surface area contributed by atoms with Crippen molar-refractivity contribution in [3.05, 3.63) is 175 Å². The first-order chi connectivity index (χ1) is 20.7. The highest BCUT2D eigenvalue weighted by molar-refractivity contribution is 9.10. The van der Waals surface area contributed by atoms with E-state index in [1.54, 1.807) is 56.7 Å². The molecule has 0 radical (unpaired) electrons. The Bertz CT molecular complexity index is 1880. The molecule has 11 heteroatoms. The number of halogens is 5. The Kier molecular flexibility index (Phi) is 11.7. The van der Waals surface area contributed by atoms with Crippen LogP contribution in [0.5, 0.6) is 0 Å². The van der Waals surface area contributed by atoms with Gasteiger partial charge < -0.3 is 4.98 Å². The summed E-state index contributed by atoms with van der Waals surface area (Å²) in [6.07, 6.45) is 6.73. The first-order valence-corrected chi connectivity index (χ1v) is 15.5. The van der Waals surface area contributed by atoms with E-state index < -0.39 is 0 Å². The van der Waals surface area contributed by atoms with Gasteiger partial charge in [0.05, 0.1) is 17.9 Å². The van der Waals surface area contributed by atoms with E-state index in [9.17, 15) is 18.4 Å². The lowest BCUT2D eigenvalue weighted by atomic mass is 10.2. The van der Waals surface area contributed by atoms with Crippen molar-refractivity contribution in [2.24, 2.45) is 0 Å². The molecule has 0 bridgehead atoms. The van der Waals surface area contributed by atoms with Crippen molar-refractivity contribution in [3.8, 4) is 11.4 Å². The van der Waals surface area contributed by atoms with Crippen LogP contribution in [0.2, 0.25) is 0 Å². The summed E-state index contributed by atoms with van der Waals surface area (Å²) in [5, 5.41) is 0.713. The first-order valence-electron chi connectivity index (χ1n) is 12.8. The summed E-state index contributed by atoms with van der Waals surface area (Å²) >= 11 is 9.92. The Hall–Kier alpha value is -3.80. The molecule has 0 amide bonds. The molecule has 0 aliphatic rings. The Morgan fingerprint density at radius 2 is 1.19 bits per heavy atom. The topological polar surface area (TPSA) is 64.7 Å². The van der Waals surface area contributed by atoms with Crippen molar-refractivity contribution in [1.29, 1.82) is 0 Å². The largest absolute Gasteiger partial charge is 0.333 e. The second-order valence-corrected chi connectivity index (χ2v) is 11.5. The fraction of sp³-hybridized carbons (Fsp3) is 0.0625. The van der Waals surface area contributed by atoms with E-state index in [0.717, 1.165) is 31.4 Å². The second kappa shape index (κ2) is 15.6. The average Bonchev–Trinajstić information content (AvgIpc) is 3.59. The molecule has 0 saturated heterocycles. The van der Waals surface area contributed by atoms with Crippen LogP contribution in [-0.4, -0.2) is 18.7 Å². The summed E-state index contributed by atoms with van der Waals surface area (Å²) in [4.78, 5) is 26.1. The Balaban J connectivity index is 0.000000163. The minimum absolute atomic E-state index is 0.123. The molecule has 2 aromatic heterocycles. The zero-order valence-electron chi connectivity index (χ0n) is 22.5. The SMILES string of the molecule is Fc1cccc(CBr)c1.O=c1[nH]ccn1-c1ccc(Br)cc1.O=c1n(Cc2cccc(F)c2)ccn1-c1ccc(Br)cc1. The van der Waals surface area contributed by atoms with E-state index in [1.807, 2.05) is 54.6 Å². The fourth-order valence-electron chi connectivity index (χ4n) is 3.91. The molecule has 0 aliphatic carbocycles. The molecule has 2 heterocycles. The summed E-state index contributed by atoms with van der Waals surface area (Å²) in [5.74, 6) is -0.472.